The number of nitrogens with two attached hydrogens (primary N) is 1. The van der Waals surface area contributed by atoms with Crippen molar-refractivity contribution in [3.63, 3.8) is 0 Å². The van der Waals surface area contributed by atoms with Gasteiger partial charge in [0, 0.05) is 10.0 Å². The van der Waals surface area contributed by atoms with Gasteiger partial charge >= 0.3 is 0 Å². The van der Waals surface area contributed by atoms with Gasteiger partial charge in [-0.2, -0.15) is 0 Å². The van der Waals surface area contributed by atoms with E-state index < -0.39 is 0 Å². The second-order valence-corrected chi connectivity index (χ2v) is 5.78. The average Bonchev–Trinajstić information content (AvgIpc) is 2.49. The van der Waals surface area contributed by atoms with Crippen LogP contribution in [0.3, 0.4) is 0 Å². The smallest absolute Gasteiger partial charge is 0.120 e. The van der Waals surface area contributed by atoms with E-state index in [1.54, 1.807) is 0 Å². The van der Waals surface area contributed by atoms with Crippen molar-refractivity contribution in [3.05, 3.63) is 64.1 Å². The predicted molar refractivity (Wildman–Crippen MR) is 91.6 cm³/mol. The molecule has 0 aliphatic heterocycles. The summed E-state index contributed by atoms with van der Waals surface area (Å²) < 4.78 is 12.2. The summed E-state index contributed by atoms with van der Waals surface area (Å²) in [7, 11) is 0. The van der Waals surface area contributed by atoms with Crippen LogP contribution in [0.25, 0.3) is 0 Å². The Morgan fingerprint density at radius 3 is 2.57 bits per heavy atom. The molecule has 0 saturated heterocycles. The van der Waals surface area contributed by atoms with E-state index in [1.165, 1.54) is 0 Å². The van der Waals surface area contributed by atoms with Crippen molar-refractivity contribution in [1.29, 1.82) is 0 Å². The van der Waals surface area contributed by atoms with Gasteiger partial charge in [-0.1, -0.05) is 52.4 Å². The SMILES string of the molecule is NC(=S)c1cccc(OCCOCc2ccc(Br)cc2)c1. The molecule has 0 aromatic heterocycles. The van der Waals surface area contributed by atoms with E-state index in [2.05, 4.69) is 15.9 Å². The molecule has 2 rings (SSSR count). The molecule has 0 heterocycles. The fourth-order valence-electron chi connectivity index (χ4n) is 1.73. The van der Waals surface area contributed by atoms with Crippen molar-refractivity contribution in [3.8, 4) is 5.75 Å². The van der Waals surface area contributed by atoms with E-state index in [9.17, 15) is 0 Å². The van der Waals surface area contributed by atoms with Crippen LogP contribution in [0.1, 0.15) is 11.1 Å². The Bertz CT molecular complexity index is 601. The maximum atomic E-state index is 5.61. The second kappa shape index (κ2) is 8.12. The van der Waals surface area contributed by atoms with Crippen molar-refractivity contribution < 1.29 is 9.47 Å². The van der Waals surface area contributed by atoms with Crippen molar-refractivity contribution in [2.75, 3.05) is 13.2 Å². The summed E-state index contributed by atoms with van der Waals surface area (Å²) in [5.41, 5.74) is 7.52. The fourth-order valence-corrected chi connectivity index (χ4v) is 2.12. The van der Waals surface area contributed by atoms with Gasteiger partial charge in [-0.3, -0.25) is 0 Å². The molecule has 21 heavy (non-hydrogen) atoms. The molecule has 0 bridgehead atoms. The van der Waals surface area contributed by atoms with E-state index in [4.69, 9.17) is 27.4 Å². The van der Waals surface area contributed by atoms with Crippen LogP contribution in [0.15, 0.2) is 53.0 Å². The van der Waals surface area contributed by atoms with Crippen molar-refractivity contribution in [2.45, 2.75) is 6.61 Å². The van der Waals surface area contributed by atoms with Crippen LogP contribution in [0.5, 0.6) is 5.75 Å². The Balaban J connectivity index is 1.71. The molecule has 110 valence electrons. The van der Waals surface area contributed by atoms with Gasteiger partial charge in [-0.05, 0) is 29.8 Å². The molecule has 0 aliphatic rings. The van der Waals surface area contributed by atoms with Crippen LogP contribution in [0, 0.1) is 0 Å². The molecule has 0 spiro atoms. The second-order valence-electron chi connectivity index (χ2n) is 4.42. The van der Waals surface area contributed by atoms with Gasteiger partial charge in [0.2, 0.25) is 0 Å². The minimum Gasteiger partial charge on any atom is -0.491 e. The van der Waals surface area contributed by atoms with Gasteiger partial charge in [-0.15, -0.1) is 0 Å². The predicted octanol–water partition coefficient (Wildman–Crippen LogP) is 3.68. The number of benzene rings is 2. The van der Waals surface area contributed by atoms with Gasteiger partial charge in [0.05, 0.1) is 13.2 Å². The highest BCUT2D eigenvalue weighted by atomic mass is 79.9. The number of halogens is 1. The Kier molecular flexibility index (Phi) is 6.17. The van der Waals surface area contributed by atoms with Gasteiger partial charge in [-0.25, -0.2) is 0 Å². The molecular weight excluding hydrogens is 350 g/mol. The van der Waals surface area contributed by atoms with Crippen LogP contribution in [-0.4, -0.2) is 18.2 Å². The monoisotopic (exact) mass is 365 g/mol. The number of ether oxygens (including phenoxy) is 2. The highest BCUT2D eigenvalue weighted by Gasteiger charge is 1.99. The lowest BCUT2D eigenvalue weighted by Gasteiger charge is -2.08. The standard InChI is InChI=1S/C16H16BrNO2S/c17-14-6-4-12(5-7-14)11-19-8-9-20-15-3-1-2-13(10-15)16(18)21/h1-7,10H,8-9,11H2,(H2,18,21). The molecule has 0 atom stereocenters. The summed E-state index contributed by atoms with van der Waals surface area (Å²) in [6.07, 6.45) is 0. The van der Waals surface area contributed by atoms with Crippen LogP contribution in [-0.2, 0) is 11.3 Å². The van der Waals surface area contributed by atoms with E-state index in [0.29, 0.717) is 24.8 Å². The van der Waals surface area contributed by atoms with Crippen LogP contribution >= 0.6 is 28.1 Å². The van der Waals surface area contributed by atoms with Crippen LogP contribution < -0.4 is 10.5 Å². The molecule has 3 nitrogen and oxygen atoms in total. The highest BCUT2D eigenvalue weighted by Crippen LogP contribution is 2.13. The molecule has 0 radical (unpaired) electrons. The first-order valence-corrected chi connectivity index (χ1v) is 7.70. The number of hydrogen-bond acceptors (Lipinski definition) is 3. The lowest BCUT2D eigenvalue weighted by Crippen LogP contribution is -2.10. The summed E-state index contributed by atoms with van der Waals surface area (Å²) in [6, 6.07) is 15.5. The van der Waals surface area contributed by atoms with Gasteiger partial charge in [0.15, 0.2) is 0 Å². The molecule has 0 aliphatic carbocycles. The first-order valence-electron chi connectivity index (χ1n) is 6.50. The lowest BCUT2D eigenvalue weighted by molar-refractivity contribution is 0.0889. The van der Waals surface area contributed by atoms with E-state index in [0.717, 1.165) is 21.3 Å². The molecule has 0 amide bonds. The highest BCUT2D eigenvalue weighted by molar-refractivity contribution is 9.10. The molecule has 2 aromatic carbocycles. The number of hydrogen-bond donors (Lipinski definition) is 1. The van der Waals surface area contributed by atoms with Gasteiger partial charge in [0.25, 0.3) is 0 Å². The van der Waals surface area contributed by atoms with Gasteiger partial charge in [0.1, 0.15) is 17.3 Å². The molecule has 0 fully saturated rings. The topological polar surface area (TPSA) is 44.5 Å². The first kappa shape index (κ1) is 15.9. The van der Waals surface area contributed by atoms with E-state index in [1.807, 2.05) is 48.5 Å². The van der Waals surface area contributed by atoms with Crippen LogP contribution in [0.2, 0.25) is 0 Å². The third-order valence-corrected chi connectivity index (χ3v) is 3.56. The first-order chi connectivity index (χ1) is 10.1. The summed E-state index contributed by atoms with van der Waals surface area (Å²) in [4.78, 5) is 0.368. The minimum absolute atomic E-state index is 0.368. The Labute approximate surface area is 138 Å². The molecule has 0 unspecified atom stereocenters. The summed E-state index contributed by atoms with van der Waals surface area (Å²) >= 11 is 8.33. The van der Waals surface area contributed by atoms with E-state index in [-0.39, 0.29) is 0 Å². The minimum atomic E-state index is 0.368. The largest absolute Gasteiger partial charge is 0.491 e. The normalized spacial score (nSPS) is 10.3. The molecule has 2 N–H and O–H groups in total. The summed E-state index contributed by atoms with van der Waals surface area (Å²) in [5.74, 6) is 0.743. The zero-order valence-electron chi connectivity index (χ0n) is 11.4. The average molecular weight is 366 g/mol. The maximum absolute atomic E-state index is 5.61. The fraction of sp³-hybridized carbons (Fsp3) is 0.188. The summed E-state index contributed by atoms with van der Waals surface area (Å²) in [6.45, 7) is 1.58. The van der Waals surface area contributed by atoms with E-state index >= 15 is 0 Å². The quantitative estimate of drug-likeness (QED) is 0.600. The van der Waals surface area contributed by atoms with Crippen LogP contribution in [0.4, 0.5) is 0 Å². The molecule has 0 saturated carbocycles. The molecule has 2 aromatic rings. The van der Waals surface area contributed by atoms with Crippen molar-refractivity contribution in [1.82, 2.24) is 0 Å². The van der Waals surface area contributed by atoms with Crippen molar-refractivity contribution >= 4 is 33.1 Å². The molecular formula is C16H16BrNO2S. The van der Waals surface area contributed by atoms with Crippen molar-refractivity contribution in [2.24, 2.45) is 5.73 Å². The Morgan fingerprint density at radius 1 is 1.10 bits per heavy atom. The maximum Gasteiger partial charge on any atom is 0.120 e. The lowest BCUT2D eigenvalue weighted by atomic mass is 10.2. The zero-order chi connectivity index (χ0) is 15.1. The summed E-state index contributed by atoms with van der Waals surface area (Å²) in [5, 5.41) is 0. The zero-order valence-corrected chi connectivity index (χ0v) is 13.8. The number of rotatable bonds is 7. The molecule has 5 heteroatoms. The van der Waals surface area contributed by atoms with Gasteiger partial charge < -0.3 is 15.2 Å². The number of thiocarbonyl (C=S) groups is 1. The third kappa shape index (κ3) is 5.46. The Morgan fingerprint density at radius 2 is 1.86 bits per heavy atom. The third-order valence-electron chi connectivity index (χ3n) is 2.80. The Hall–Kier alpha value is -1.43.